The highest BCUT2D eigenvalue weighted by molar-refractivity contribution is 5.03. The molecule has 1 aromatic rings. The normalized spacial score (nSPS) is 10.8. The summed E-state index contributed by atoms with van der Waals surface area (Å²) in [5, 5.41) is 7.47. The summed E-state index contributed by atoms with van der Waals surface area (Å²) in [5.41, 5.74) is 1.33. The average molecular weight is 211 g/mol. The zero-order valence-electron chi connectivity index (χ0n) is 9.70. The molecule has 0 aliphatic carbocycles. The summed E-state index contributed by atoms with van der Waals surface area (Å²) in [4.78, 5) is 0. The van der Waals surface area contributed by atoms with Crippen LogP contribution in [0.3, 0.4) is 0 Å². The Hall–Kier alpha value is -0.870. The molecule has 0 saturated carbocycles. The summed E-state index contributed by atoms with van der Waals surface area (Å²) < 4.78 is 6.80. The smallest absolute Gasteiger partial charge is 0.0587 e. The van der Waals surface area contributed by atoms with Crippen LogP contribution < -0.4 is 5.32 Å². The number of unbranched alkanes of at least 4 members (excludes halogenated alkanes) is 1. The van der Waals surface area contributed by atoms with Crippen LogP contribution in [0.25, 0.3) is 0 Å². The second-order valence-electron chi connectivity index (χ2n) is 3.72. The molecule has 1 rings (SSSR count). The lowest BCUT2D eigenvalue weighted by Gasteiger charge is -2.02. The van der Waals surface area contributed by atoms with Crippen LogP contribution in [0.1, 0.15) is 18.4 Å². The van der Waals surface area contributed by atoms with E-state index >= 15 is 0 Å². The predicted molar refractivity (Wildman–Crippen MR) is 60.9 cm³/mol. The fraction of sp³-hybridized carbons (Fsp3) is 0.727. The molecule has 0 atom stereocenters. The van der Waals surface area contributed by atoms with Gasteiger partial charge >= 0.3 is 0 Å². The van der Waals surface area contributed by atoms with Gasteiger partial charge in [-0.05, 0) is 31.4 Å². The van der Waals surface area contributed by atoms with E-state index in [0.717, 1.165) is 26.1 Å². The van der Waals surface area contributed by atoms with Crippen molar-refractivity contribution in [2.24, 2.45) is 7.05 Å². The zero-order chi connectivity index (χ0) is 10.9. The Morgan fingerprint density at radius 1 is 1.40 bits per heavy atom. The van der Waals surface area contributed by atoms with Gasteiger partial charge in [0.15, 0.2) is 0 Å². The van der Waals surface area contributed by atoms with E-state index in [4.69, 9.17) is 4.74 Å². The Labute approximate surface area is 91.6 Å². The number of aromatic nitrogens is 2. The van der Waals surface area contributed by atoms with Gasteiger partial charge in [-0.25, -0.2) is 0 Å². The van der Waals surface area contributed by atoms with Gasteiger partial charge in [-0.15, -0.1) is 0 Å². The number of rotatable bonds is 8. The fourth-order valence-electron chi connectivity index (χ4n) is 1.48. The summed E-state index contributed by atoms with van der Waals surface area (Å²) in [6, 6.07) is 0. The Balaban J connectivity index is 1.93. The highest BCUT2D eigenvalue weighted by Crippen LogP contribution is 2.02. The van der Waals surface area contributed by atoms with Crippen molar-refractivity contribution in [2.45, 2.75) is 19.3 Å². The van der Waals surface area contributed by atoms with Crippen molar-refractivity contribution < 1.29 is 4.74 Å². The van der Waals surface area contributed by atoms with Crippen molar-refractivity contribution in [3.63, 3.8) is 0 Å². The van der Waals surface area contributed by atoms with Crippen molar-refractivity contribution in [2.75, 3.05) is 26.8 Å². The summed E-state index contributed by atoms with van der Waals surface area (Å²) in [6.07, 6.45) is 7.57. The molecule has 0 radical (unpaired) electrons. The van der Waals surface area contributed by atoms with Gasteiger partial charge in [0.25, 0.3) is 0 Å². The molecule has 15 heavy (non-hydrogen) atoms. The second-order valence-corrected chi connectivity index (χ2v) is 3.72. The number of nitrogens with one attached hydrogen (secondary N) is 1. The van der Waals surface area contributed by atoms with Gasteiger partial charge < -0.3 is 10.1 Å². The number of methoxy groups -OCH3 is 1. The molecular weight excluding hydrogens is 190 g/mol. The highest BCUT2D eigenvalue weighted by Gasteiger charge is 1.95. The van der Waals surface area contributed by atoms with Gasteiger partial charge in [0, 0.05) is 26.9 Å². The van der Waals surface area contributed by atoms with Gasteiger partial charge in [-0.1, -0.05) is 0 Å². The van der Waals surface area contributed by atoms with E-state index in [-0.39, 0.29) is 0 Å². The van der Waals surface area contributed by atoms with Gasteiger partial charge in [0.1, 0.15) is 0 Å². The molecule has 0 fully saturated rings. The van der Waals surface area contributed by atoms with E-state index in [1.54, 1.807) is 7.11 Å². The van der Waals surface area contributed by atoms with Gasteiger partial charge in [-0.2, -0.15) is 5.10 Å². The topological polar surface area (TPSA) is 39.1 Å². The van der Waals surface area contributed by atoms with E-state index < -0.39 is 0 Å². The molecule has 1 heterocycles. The van der Waals surface area contributed by atoms with E-state index in [1.165, 1.54) is 18.4 Å². The third-order valence-electron chi connectivity index (χ3n) is 2.31. The van der Waals surface area contributed by atoms with E-state index in [2.05, 4.69) is 16.6 Å². The van der Waals surface area contributed by atoms with E-state index in [0.29, 0.717) is 0 Å². The number of nitrogens with zero attached hydrogens (tertiary/aromatic N) is 2. The van der Waals surface area contributed by atoms with Crippen LogP contribution in [-0.4, -0.2) is 36.6 Å². The molecule has 0 aliphatic heterocycles. The molecule has 4 nitrogen and oxygen atoms in total. The standard InChI is InChI=1S/C11H21N3O/c1-14-10-11(9-13-14)5-3-4-6-12-7-8-15-2/h9-10,12H,3-8H2,1-2H3. The second kappa shape index (κ2) is 7.43. The fourth-order valence-corrected chi connectivity index (χ4v) is 1.48. The zero-order valence-corrected chi connectivity index (χ0v) is 9.70. The van der Waals surface area contributed by atoms with Crippen LogP contribution in [0.2, 0.25) is 0 Å². The van der Waals surface area contributed by atoms with Crippen LogP contribution in [0, 0.1) is 0 Å². The summed E-state index contributed by atoms with van der Waals surface area (Å²) in [7, 11) is 3.68. The van der Waals surface area contributed by atoms with Gasteiger partial charge in [-0.3, -0.25) is 4.68 Å². The lowest BCUT2D eigenvalue weighted by atomic mass is 10.1. The molecule has 1 N–H and O–H groups in total. The summed E-state index contributed by atoms with van der Waals surface area (Å²) >= 11 is 0. The van der Waals surface area contributed by atoms with Crippen molar-refractivity contribution in [3.05, 3.63) is 18.0 Å². The minimum atomic E-state index is 0.794. The quantitative estimate of drug-likeness (QED) is 0.651. The molecule has 4 heteroatoms. The van der Waals surface area contributed by atoms with Gasteiger partial charge in [0.2, 0.25) is 0 Å². The molecule has 1 aromatic heterocycles. The Morgan fingerprint density at radius 2 is 2.27 bits per heavy atom. The minimum absolute atomic E-state index is 0.794. The molecule has 0 aliphatic rings. The molecule has 0 amide bonds. The van der Waals surface area contributed by atoms with Crippen LogP contribution in [0.5, 0.6) is 0 Å². The van der Waals surface area contributed by atoms with E-state index in [9.17, 15) is 0 Å². The van der Waals surface area contributed by atoms with Crippen LogP contribution in [0.15, 0.2) is 12.4 Å². The third-order valence-corrected chi connectivity index (χ3v) is 2.31. The van der Waals surface area contributed by atoms with E-state index in [1.807, 2.05) is 17.9 Å². The molecular formula is C11H21N3O. The lowest BCUT2D eigenvalue weighted by molar-refractivity contribution is 0.199. The number of hydrogen-bond acceptors (Lipinski definition) is 3. The SMILES string of the molecule is COCCNCCCCc1cnn(C)c1. The number of aryl methyl sites for hydroxylation is 2. The maximum absolute atomic E-state index is 4.95. The van der Waals surface area contributed by atoms with Crippen molar-refractivity contribution >= 4 is 0 Å². The summed E-state index contributed by atoms with van der Waals surface area (Å²) in [5.74, 6) is 0. The molecule has 0 spiro atoms. The average Bonchev–Trinajstić information content (AvgIpc) is 2.63. The molecule has 86 valence electrons. The van der Waals surface area contributed by atoms with Crippen molar-refractivity contribution in [1.82, 2.24) is 15.1 Å². The third kappa shape index (κ3) is 5.54. The Bertz CT molecular complexity index is 260. The Kier molecular flexibility index (Phi) is 6.04. The first-order valence-electron chi connectivity index (χ1n) is 5.50. The number of ether oxygens (including phenoxy) is 1. The first-order valence-corrected chi connectivity index (χ1v) is 5.50. The van der Waals surface area contributed by atoms with Crippen LogP contribution >= 0.6 is 0 Å². The summed E-state index contributed by atoms with van der Waals surface area (Å²) in [6.45, 7) is 2.82. The largest absolute Gasteiger partial charge is 0.383 e. The first kappa shape index (κ1) is 12.2. The number of hydrogen-bond donors (Lipinski definition) is 1. The monoisotopic (exact) mass is 211 g/mol. The first-order chi connectivity index (χ1) is 7.33. The van der Waals surface area contributed by atoms with Gasteiger partial charge in [0.05, 0.1) is 12.8 Å². The minimum Gasteiger partial charge on any atom is -0.383 e. The molecule has 0 aromatic carbocycles. The molecule has 0 unspecified atom stereocenters. The van der Waals surface area contributed by atoms with Crippen LogP contribution in [0.4, 0.5) is 0 Å². The predicted octanol–water partition coefficient (Wildman–Crippen LogP) is 0.979. The van der Waals surface area contributed by atoms with Crippen molar-refractivity contribution in [3.8, 4) is 0 Å². The van der Waals surface area contributed by atoms with Crippen molar-refractivity contribution in [1.29, 1.82) is 0 Å². The maximum Gasteiger partial charge on any atom is 0.0587 e. The maximum atomic E-state index is 4.95. The lowest BCUT2D eigenvalue weighted by Crippen LogP contribution is -2.20. The van der Waals surface area contributed by atoms with Crippen LogP contribution in [-0.2, 0) is 18.2 Å². The Morgan fingerprint density at radius 3 is 2.93 bits per heavy atom. The molecule has 0 saturated heterocycles. The molecule has 0 bridgehead atoms. The highest BCUT2D eigenvalue weighted by atomic mass is 16.5.